The van der Waals surface area contributed by atoms with Gasteiger partial charge in [-0.05, 0) is 35.5 Å². The highest BCUT2D eigenvalue weighted by Gasteiger charge is 2.44. The summed E-state index contributed by atoms with van der Waals surface area (Å²) >= 11 is 0. The fourth-order valence-corrected chi connectivity index (χ4v) is 4.04. The van der Waals surface area contributed by atoms with Crippen LogP contribution in [0.5, 0.6) is 0 Å². The van der Waals surface area contributed by atoms with Crippen molar-refractivity contribution in [1.82, 2.24) is 0 Å². The fraction of sp³-hybridized carbons (Fsp3) is 1.00. The summed E-state index contributed by atoms with van der Waals surface area (Å²) in [7, 11) is 0. The van der Waals surface area contributed by atoms with Crippen LogP contribution in [0.2, 0.25) is 0 Å². The first-order valence-corrected chi connectivity index (χ1v) is 8.54. The molecule has 0 aliphatic heterocycles. The Kier molecular flexibility index (Phi) is 17.3. The van der Waals surface area contributed by atoms with Crippen LogP contribution in [0.15, 0.2) is 0 Å². The molecule has 7 atom stereocenters. The van der Waals surface area contributed by atoms with Crippen molar-refractivity contribution in [2.45, 2.75) is 82.1 Å². The lowest BCUT2D eigenvalue weighted by atomic mass is 9.78. The third kappa shape index (κ3) is 6.16. The summed E-state index contributed by atoms with van der Waals surface area (Å²) in [6, 6.07) is 0. The Balaban J connectivity index is -0.000000467. The molecular formula is C18H43P. The molecule has 0 bridgehead atoms. The second kappa shape index (κ2) is 13.4. The average molecular weight is 291 g/mol. The third-order valence-electron chi connectivity index (χ3n) is 5.17. The normalized spacial score (nSPS) is 34.1. The van der Waals surface area contributed by atoms with Gasteiger partial charge in [-0.25, -0.2) is 0 Å². The first kappa shape index (κ1) is 24.4. The molecule has 0 aromatic carbocycles. The molecule has 0 amide bonds. The molecular weight excluding hydrogens is 247 g/mol. The standard InChI is InChI=1S/C14H28.2C2H6.H3P/c1-7-9(3)14-11(5)10(4)13(8-2)12(14)6;2*1-2;/h9-14H,7-8H2,1-6H3;2*1-2H3;1H3. The molecule has 0 N–H and O–H groups in total. The van der Waals surface area contributed by atoms with Crippen LogP contribution in [-0.4, -0.2) is 0 Å². The molecule has 0 saturated heterocycles. The van der Waals surface area contributed by atoms with Crippen LogP contribution in [0.25, 0.3) is 0 Å². The Morgan fingerprint density at radius 2 is 1.21 bits per heavy atom. The van der Waals surface area contributed by atoms with Crippen molar-refractivity contribution in [3.63, 3.8) is 0 Å². The van der Waals surface area contributed by atoms with Crippen molar-refractivity contribution in [3.8, 4) is 0 Å². The van der Waals surface area contributed by atoms with E-state index in [1.807, 2.05) is 27.7 Å². The van der Waals surface area contributed by atoms with Crippen LogP contribution in [0.4, 0.5) is 0 Å². The summed E-state index contributed by atoms with van der Waals surface area (Å²) in [4.78, 5) is 0. The topological polar surface area (TPSA) is 0 Å². The van der Waals surface area contributed by atoms with Crippen molar-refractivity contribution in [3.05, 3.63) is 0 Å². The van der Waals surface area contributed by atoms with Crippen molar-refractivity contribution in [2.75, 3.05) is 0 Å². The molecule has 1 rings (SSSR count). The smallest absolute Gasteiger partial charge is 0.0332 e. The van der Waals surface area contributed by atoms with E-state index in [1.165, 1.54) is 12.8 Å². The van der Waals surface area contributed by atoms with E-state index in [2.05, 4.69) is 41.5 Å². The van der Waals surface area contributed by atoms with E-state index in [9.17, 15) is 0 Å². The van der Waals surface area contributed by atoms with E-state index in [0.717, 1.165) is 35.5 Å². The van der Waals surface area contributed by atoms with Gasteiger partial charge in [-0.15, -0.1) is 0 Å². The molecule has 1 aliphatic carbocycles. The van der Waals surface area contributed by atoms with Crippen molar-refractivity contribution < 1.29 is 0 Å². The summed E-state index contributed by atoms with van der Waals surface area (Å²) in [5, 5.41) is 0. The van der Waals surface area contributed by atoms with Crippen LogP contribution in [0.1, 0.15) is 82.1 Å². The molecule has 0 nitrogen and oxygen atoms in total. The molecule has 0 aromatic rings. The van der Waals surface area contributed by atoms with Crippen LogP contribution in [0.3, 0.4) is 0 Å². The lowest BCUT2D eigenvalue weighted by Gasteiger charge is -2.27. The monoisotopic (exact) mass is 290 g/mol. The molecule has 0 aromatic heterocycles. The Hall–Kier alpha value is 0.430. The maximum atomic E-state index is 2.49. The Morgan fingerprint density at radius 3 is 1.47 bits per heavy atom. The van der Waals surface area contributed by atoms with Crippen LogP contribution < -0.4 is 0 Å². The minimum absolute atomic E-state index is 0. The van der Waals surface area contributed by atoms with E-state index >= 15 is 0 Å². The average Bonchev–Trinajstić information content (AvgIpc) is 2.64. The minimum Gasteiger partial charge on any atom is -0.153 e. The van der Waals surface area contributed by atoms with Crippen molar-refractivity contribution >= 4 is 9.90 Å². The van der Waals surface area contributed by atoms with Gasteiger partial charge in [-0.3, -0.25) is 0 Å². The molecule has 0 heterocycles. The maximum Gasteiger partial charge on any atom is -0.0332 e. The zero-order valence-electron chi connectivity index (χ0n) is 15.6. The molecule has 0 radical (unpaired) electrons. The molecule has 1 heteroatoms. The van der Waals surface area contributed by atoms with E-state index in [-0.39, 0.29) is 9.90 Å². The molecule has 1 fully saturated rings. The van der Waals surface area contributed by atoms with Crippen LogP contribution >= 0.6 is 9.90 Å². The molecule has 120 valence electrons. The number of rotatable bonds is 3. The van der Waals surface area contributed by atoms with E-state index in [4.69, 9.17) is 0 Å². The SMILES string of the molecule is CC.CC.CCC(C)C1C(C)C(C)C(CC)C1C.P. The van der Waals surface area contributed by atoms with E-state index < -0.39 is 0 Å². The zero-order valence-corrected chi connectivity index (χ0v) is 17.0. The summed E-state index contributed by atoms with van der Waals surface area (Å²) in [5.74, 6) is 5.68. The molecule has 19 heavy (non-hydrogen) atoms. The number of hydrogen-bond acceptors (Lipinski definition) is 0. The first-order chi connectivity index (χ1) is 8.54. The Morgan fingerprint density at radius 1 is 0.789 bits per heavy atom. The zero-order chi connectivity index (χ0) is 14.9. The Bertz CT molecular complexity index is 179. The molecule has 0 spiro atoms. The van der Waals surface area contributed by atoms with Crippen molar-refractivity contribution in [1.29, 1.82) is 0 Å². The molecule has 7 unspecified atom stereocenters. The summed E-state index contributed by atoms with van der Waals surface area (Å²) in [5.41, 5.74) is 0. The second-order valence-corrected chi connectivity index (χ2v) is 5.61. The lowest BCUT2D eigenvalue weighted by Crippen LogP contribution is -2.21. The maximum absolute atomic E-state index is 2.49. The van der Waals surface area contributed by atoms with Gasteiger partial charge in [0.1, 0.15) is 0 Å². The van der Waals surface area contributed by atoms with Gasteiger partial charge in [-0.2, -0.15) is 9.90 Å². The predicted molar refractivity (Wildman–Crippen MR) is 98.0 cm³/mol. The Labute approximate surface area is 128 Å². The van der Waals surface area contributed by atoms with Gasteiger partial charge in [0.15, 0.2) is 0 Å². The van der Waals surface area contributed by atoms with Crippen LogP contribution in [0, 0.1) is 35.5 Å². The largest absolute Gasteiger partial charge is 0.153 e. The predicted octanol–water partition coefficient (Wildman–Crippen LogP) is 6.71. The summed E-state index contributed by atoms with van der Waals surface area (Å²) in [6.45, 7) is 22.6. The van der Waals surface area contributed by atoms with Gasteiger partial charge in [0, 0.05) is 0 Å². The van der Waals surface area contributed by atoms with Crippen LogP contribution in [-0.2, 0) is 0 Å². The highest BCUT2D eigenvalue weighted by Crippen LogP contribution is 2.50. The minimum atomic E-state index is 0. The van der Waals surface area contributed by atoms with Gasteiger partial charge < -0.3 is 0 Å². The number of hydrogen-bond donors (Lipinski definition) is 0. The fourth-order valence-electron chi connectivity index (χ4n) is 4.04. The van der Waals surface area contributed by atoms with Gasteiger partial charge in [-0.1, -0.05) is 82.1 Å². The van der Waals surface area contributed by atoms with E-state index in [0.29, 0.717) is 0 Å². The lowest BCUT2D eigenvalue weighted by molar-refractivity contribution is 0.215. The highest BCUT2D eigenvalue weighted by molar-refractivity contribution is 6.92. The summed E-state index contributed by atoms with van der Waals surface area (Å²) in [6.07, 6.45) is 2.72. The van der Waals surface area contributed by atoms with Gasteiger partial charge >= 0.3 is 0 Å². The van der Waals surface area contributed by atoms with Crippen molar-refractivity contribution in [2.24, 2.45) is 35.5 Å². The van der Waals surface area contributed by atoms with E-state index in [1.54, 1.807) is 0 Å². The van der Waals surface area contributed by atoms with Gasteiger partial charge in [0.2, 0.25) is 0 Å². The second-order valence-electron chi connectivity index (χ2n) is 5.61. The summed E-state index contributed by atoms with van der Waals surface area (Å²) < 4.78 is 0. The quantitative estimate of drug-likeness (QED) is 0.507. The molecule has 1 saturated carbocycles. The molecule has 1 aliphatic rings. The highest BCUT2D eigenvalue weighted by atomic mass is 31.0. The van der Waals surface area contributed by atoms with Gasteiger partial charge in [0.25, 0.3) is 0 Å². The first-order valence-electron chi connectivity index (χ1n) is 8.54. The van der Waals surface area contributed by atoms with Gasteiger partial charge in [0.05, 0.1) is 0 Å². The third-order valence-corrected chi connectivity index (χ3v) is 5.17.